The number of aryl methyl sites for hydroxylation is 1. The molecule has 1 aliphatic heterocycles. The number of nitrogens with zero attached hydrogens (tertiary/aromatic N) is 2. The number of fused-ring (bicyclic) bond motifs is 1. The van der Waals surface area contributed by atoms with Crippen molar-refractivity contribution in [3.8, 4) is 0 Å². The minimum Gasteiger partial charge on any atom is -0.350 e. The van der Waals surface area contributed by atoms with Crippen LogP contribution >= 0.6 is 0 Å². The van der Waals surface area contributed by atoms with Gasteiger partial charge in [-0.3, -0.25) is 0 Å². The first-order valence-electron chi connectivity index (χ1n) is 7.21. The monoisotopic (exact) mass is 284 g/mol. The fraction of sp³-hybridized carbons (Fsp3) is 0.353. The smallest absolute Gasteiger partial charge is 0.200 e. The van der Waals surface area contributed by atoms with Crippen molar-refractivity contribution in [2.75, 3.05) is 25.7 Å². The Balaban J connectivity index is 2.01. The van der Waals surface area contributed by atoms with Gasteiger partial charge in [0.15, 0.2) is 0 Å². The van der Waals surface area contributed by atoms with Crippen LogP contribution in [0.1, 0.15) is 24.0 Å². The lowest BCUT2D eigenvalue weighted by atomic mass is 10.0. The Labute approximate surface area is 125 Å². The Kier molecular flexibility index (Phi) is 4.18. The lowest BCUT2D eigenvalue weighted by Gasteiger charge is -2.31. The Bertz CT molecular complexity index is 597. The zero-order valence-electron chi connectivity index (χ0n) is 12.5. The molecule has 3 rings (SSSR count). The van der Waals surface area contributed by atoms with Crippen molar-refractivity contribution in [1.82, 2.24) is 4.98 Å². The number of hydrogen-bond donors (Lipinski definition) is 0. The fourth-order valence-corrected chi connectivity index (χ4v) is 2.78. The second-order valence-electron chi connectivity index (χ2n) is 5.11. The zero-order valence-corrected chi connectivity index (χ0v) is 12.5. The second kappa shape index (κ2) is 6.24. The Hall–Kier alpha value is -1.91. The maximum atomic E-state index is 5.31. The van der Waals surface area contributed by atoms with Crippen molar-refractivity contribution >= 4 is 11.5 Å². The summed E-state index contributed by atoms with van der Waals surface area (Å²) < 4.78 is 10.6. The van der Waals surface area contributed by atoms with Crippen LogP contribution in [-0.2, 0) is 15.9 Å². The Morgan fingerprint density at radius 3 is 2.52 bits per heavy atom. The van der Waals surface area contributed by atoms with Crippen LogP contribution in [0.2, 0.25) is 0 Å². The highest BCUT2D eigenvalue weighted by Crippen LogP contribution is 2.33. The molecule has 0 aliphatic carbocycles. The molecular formula is C17H20N2O2. The molecule has 0 spiro atoms. The maximum Gasteiger partial charge on any atom is 0.200 e. The highest BCUT2D eigenvalue weighted by molar-refractivity contribution is 5.64. The molecule has 110 valence electrons. The molecule has 0 saturated heterocycles. The average molecular weight is 284 g/mol. The van der Waals surface area contributed by atoms with Gasteiger partial charge in [0.1, 0.15) is 5.82 Å². The van der Waals surface area contributed by atoms with E-state index in [-0.39, 0.29) is 0 Å². The highest BCUT2D eigenvalue weighted by atomic mass is 16.7. The summed E-state index contributed by atoms with van der Waals surface area (Å²) in [5.74, 6) is 1.02. The number of para-hydroxylation sites is 1. The van der Waals surface area contributed by atoms with E-state index in [4.69, 9.17) is 14.5 Å². The number of aromatic nitrogens is 1. The molecule has 0 radical (unpaired) electrons. The molecule has 0 bridgehead atoms. The summed E-state index contributed by atoms with van der Waals surface area (Å²) >= 11 is 0. The summed E-state index contributed by atoms with van der Waals surface area (Å²) in [7, 11) is 3.26. The van der Waals surface area contributed by atoms with Crippen LogP contribution in [0.5, 0.6) is 0 Å². The Morgan fingerprint density at radius 2 is 1.81 bits per heavy atom. The molecule has 0 amide bonds. The van der Waals surface area contributed by atoms with Crippen LogP contribution in [0.3, 0.4) is 0 Å². The largest absolute Gasteiger partial charge is 0.350 e. The van der Waals surface area contributed by atoms with Gasteiger partial charge in [0, 0.05) is 26.5 Å². The number of hydrogen-bond acceptors (Lipinski definition) is 4. The number of benzene rings is 1. The minimum absolute atomic E-state index is 0.421. The van der Waals surface area contributed by atoms with E-state index in [1.807, 2.05) is 12.1 Å². The van der Waals surface area contributed by atoms with Crippen molar-refractivity contribution in [2.24, 2.45) is 0 Å². The van der Waals surface area contributed by atoms with E-state index in [2.05, 4.69) is 35.2 Å². The molecular weight excluding hydrogens is 264 g/mol. The van der Waals surface area contributed by atoms with Crippen LogP contribution in [0.15, 0.2) is 42.5 Å². The molecule has 0 unspecified atom stereocenters. The summed E-state index contributed by atoms with van der Waals surface area (Å²) in [6, 6.07) is 14.5. The fourth-order valence-electron chi connectivity index (χ4n) is 2.78. The van der Waals surface area contributed by atoms with Crippen molar-refractivity contribution in [3.63, 3.8) is 0 Å². The minimum atomic E-state index is -0.421. The van der Waals surface area contributed by atoms with Crippen molar-refractivity contribution < 1.29 is 9.47 Å². The van der Waals surface area contributed by atoms with E-state index in [1.165, 1.54) is 11.3 Å². The lowest BCUT2D eigenvalue weighted by molar-refractivity contribution is -0.108. The first-order valence-corrected chi connectivity index (χ1v) is 7.21. The maximum absolute atomic E-state index is 5.31. The van der Waals surface area contributed by atoms with Gasteiger partial charge in [0.2, 0.25) is 6.29 Å². The van der Waals surface area contributed by atoms with Crippen molar-refractivity contribution in [1.29, 1.82) is 0 Å². The third kappa shape index (κ3) is 2.77. The van der Waals surface area contributed by atoms with Crippen LogP contribution in [-0.4, -0.2) is 25.7 Å². The lowest BCUT2D eigenvalue weighted by Crippen LogP contribution is -2.26. The van der Waals surface area contributed by atoms with Crippen molar-refractivity contribution in [2.45, 2.75) is 19.1 Å². The molecule has 2 aromatic rings. The molecule has 1 aromatic heterocycles. The molecule has 0 atom stereocenters. The summed E-state index contributed by atoms with van der Waals surface area (Å²) in [5, 5.41) is 0. The first kappa shape index (κ1) is 14.0. The molecule has 2 heterocycles. The second-order valence-corrected chi connectivity index (χ2v) is 5.11. The van der Waals surface area contributed by atoms with Gasteiger partial charge in [-0.25, -0.2) is 4.98 Å². The number of rotatable bonds is 4. The van der Waals surface area contributed by atoms with Gasteiger partial charge in [0.05, 0.1) is 5.69 Å². The number of pyridine rings is 1. The molecule has 0 N–H and O–H groups in total. The topological polar surface area (TPSA) is 34.6 Å². The van der Waals surface area contributed by atoms with Gasteiger partial charge >= 0.3 is 0 Å². The van der Waals surface area contributed by atoms with Crippen LogP contribution < -0.4 is 4.90 Å². The van der Waals surface area contributed by atoms with Gasteiger partial charge in [0.25, 0.3) is 0 Å². The van der Waals surface area contributed by atoms with Gasteiger partial charge < -0.3 is 14.4 Å². The van der Waals surface area contributed by atoms with E-state index in [9.17, 15) is 0 Å². The Morgan fingerprint density at radius 1 is 1.05 bits per heavy atom. The average Bonchev–Trinajstić information content (AvgIpc) is 2.56. The summed E-state index contributed by atoms with van der Waals surface area (Å²) in [6.07, 6.45) is 1.78. The predicted molar refractivity (Wildman–Crippen MR) is 82.8 cm³/mol. The van der Waals surface area contributed by atoms with Crippen molar-refractivity contribution in [3.05, 3.63) is 53.7 Å². The van der Waals surface area contributed by atoms with Crippen LogP contribution in [0, 0.1) is 0 Å². The molecule has 4 nitrogen and oxygen atoms in total. The standard InChI is InChI=1S/C17H20N2O2/c1-20-17(21-2)15-11-10-13-7-6-12-19(16(13)18-15)14-8-4-3-5-9-14/h3-5,8-11,17H,6-7,12H2,1-2H3. The molecule has 1 aromatic carbocycles. The van der Waals surface area contributed by atoms with E-state index >= 15 is 0 Å². The van der Waals surface area contributed by atoms with E-state index in [0.717, 1.165) is 30.9 Å². The molecule has 4 heteroatoms. The van der Waals surface area contributed by atoms with Gasteiger partial charge in [-0.05, 0) is 36.6 Å². The zero-order chi connectivity index (χ0) is 14.7. The van der Waals surface area contributed by atoms with Gasteiger partial charge in [-0.1, -0.05) is 24.3 Å². The highest BCUT2D eigenvalue weighted by Gasteiger charge is 2.22. The van der Waals surface area contributed by atoms with E-state index in [1.54, 1.807) is 14.2 Å². The summed E-state index contributed by atoms with van der Waals surface area (Å²) in [4.78, 5) is 7.06. The molecule has 0 fully saturated rings. The van der Waals surface area contributed by atoms with E-state index < -0.39 is 6.29 Å². The first-order chi connectivity index (χ1) is 10.3. The molecule has 0 saturated carbocycles. The number of anilines is 2. The van der Waals surface area contributed by atoms with E-state index in [0.29, 0.717) is 0 Å². The SMILES string of the molecule is COC(OC)c1ccc2c(n1)N(c1ccccc1)CCC2. The van der Waals surface area contributed by atoms with Gasteiger partial charge in [-0.2, -0.15) is 0 Å². The molecule has 21 heavy (non-hydrogen) atoms. The summed E-state index contributed by atoms with van der Waals surface area (Å²) in [6.45, 7) is 0.984. The molecule has 1 aliphatic rings. The van der Waals surface area contributed by atoms with Crippen LogP contribution in [0.25, 0.3) is 0 Å². The predicted octanol–water partition coefficient (Wildman–Crippen LogP) is 3.46. The third-order valence-electron chi connectivity index (χ3n) is 3.80. The third-order valence-corrected chi connectivity index (χ3v) is 3.80. The number of methoxy groups -OCH3 is 2. The quantitative estimate of drug-likeness (QED) is 0.805. The normalized spacial score (nSPS) is 14.3. The van der Waals surface area contributed by atoms with Gasteiger partial charge in [-0.15, -0.1) is 0 Å². The summed E-state index contributed by atoms with van der Waals surface area (Å²) in [5.41, 5.74) is 3.26. The number of ether oxygens (including phenoxy) is 2. The van der Waals surface area contributed by atoms with Crippen LogP contribution in [0.4, 0.5) is 11.5 Å².